The standard InChI is InChI=1S/C7H12FN3OS/c1-6-9-7(4-10(2)3)5-11(6)13(8)12/h5H,4H2,1-3H3. The maximum Gasteiger partial charge on any atom is 0.309 e. The summed E-state index contributed by atoms with van der Waals surface area (Å²) in [6.07, 6.45) is 1.46. The first-order valence-electron chi connectivity index (χ1n) is 3.79. The summed E-state index contributed by atoms with van der Waals surface area (Å²) >= 11 is -2.50. The molecular formula is C7H12FN3OS. The second kappa shape index (κ2) is 3.97. The molecule has 1 unspecified atom stereocenters. The number of aryl methyl sites for hydroxylation is 1. The van der Waals surface area contributed by atoms with E-state index in [1.807, 2.05) is 19.0 Å². The van der Waals surface area contributed by atoms with Crippen LogP contribution in [0, 0.1) is 6.92 Å². The molecule has 0 aromatic carbocycles. The molecule has 1 atom stereocenters. The van der Waals surface area contributed by atoms with Crippen LogP contribution in [0.25, 0.3) is 0 Å². The molecule has 13 heavy (non-hydrogen) atoms. The molecule has 0 spiro atoms. The minimum atomic E-state index is -2.50. The molecule has 0 N–H and O–H groups in total. The van der Waals surface area contributed by atoms with Crippen LogP contribution in [-0.2, 0) is 17.9 Å². The lowest BCUT2D eigenvalue weighted by Crippen LogP contribution is -2.10. The van der Waals surface area contributed by atoms with Crippen molar-refractivity contribution in [1.29, 1.82) is 0 Å². The van der Waals surface area contributed by atoms with Crippen molar-refractivity contribution >= 4 is 11.4 Å². The highest BCUT2D eigenvalue weighted by atomic mass is 32.2. The Bertz CT molecular complexity index is 324. The zero-order valence-corrected chi connectivity index (χ0v) is 8.64. The maximum absolute atomic E-state index is 12.4. The molecule has 0 fully saturated rings. The van der Waals surface area contributed by atoms with Crippen LogP contribution < -0.4 is 0 Å². The monoisotopic (exact) mass is 205 g/mol. The Hall–Kier alpha value is -0.750. The predicted octanol–water partition coefficient (Wildman–Crippen LogP) is 0.649. The SMILES string of the molecule is Cc1nc(CN(C)C)cn1S(=O)F. The Labute approximate surface area is 79.3 Å². The quantitative estimate of drug-likeness (QED) is 0.680. The van der Waals surface area contributed by atoms with Gasteiger partial charge in [0.05, 0.1) is 5.69 Å². The van der Waals surface area contributed by atoms with Crippen molar-refractivity contribution in [3.8, 4) is 0 Å². The molecule has 1 aromatic rings. The highest BCUT2D eigenvalue weighted by molar-refractivity contribution is 7.78. The van der Waals surface area contributed by atoms with E-state index in [9.17, 15) is 8.09 Å². The fourth-order valence-corrected chi connectivity index (χ4v) is 1.51. The third kappa shape index (κ3) is 2.60. The van der Waals surface area contributed by atoms with Crippen molar-refractivity contribution in [3.63, 3.8) is 0 Å². The van der Waals surface area contributed by atoms with E-state index in [0.717, 1.165) is 3.97 Å². The summed E-state index contributed by atoms with van der Waals surface area (Å²) in [6.45, 7) is 2.24. The third-order valence-corrected chi connectivity index (χ3v) is 2.20. The lowest BCUT2D eigenvalue weighted by Gasteiger charge is -2.04. The zero-order valence-electron chi connectivity index (χ0n) is 7.82. The molecule has 0 saturated heterocycles. The summed E-state index contributed by atoms with van der Waals surface area (Å²) in [5.74, 6) is 0.428. The largest absolute Gasteiger partial charge is 0.309 e. The van der Waals surface area contributed by atoms with Gasteiger partial charge in [0.15, 0.2) is 0 Å². The summed E-state index contributed by atoms with van der Waals surface area (Å²) in [4.78, 5) is 5.97. The van der Waals surface area contributed by atoms with E-state index in [1.165, 1.54) is 6.20 Å². The number of aromatic nitrogens is 2. The van der Waals surface area contributed by atoms with E-state index in [1.54, 1.807) is 6.92 Å². The van der Waals surface area contributed by atoms with Gasteiger partial charge in [-0.1, -0.05) is 0 Å². The van der Waals surface area contributed by atoms with Crippen LogP contribution in [-0.4, -0.2) is 32.2 Å². The molecule has 1 heterocycles. The van der Waals surface area contributed by atoms with Gasteiger partial charge in [-0.25, -0.2) is 8.96 Å². The van der Waals surface area contributed by atoms with Crippen LogP contribution >= 0.6 is 0 Å². The van der Waals surface area contributed by atoms with E-state index in [-0.39, 0.29) is 0 Å². The van der Waals surface area contributed by atoms with Gasteiger partial charge in [0.25, 0.3) is 0 Å². The van der Waals surface area contributed by atoms with Crippen molar-refractivity contribution < 1.29 is 8.09 Å². The molecule has 0 saturated carbocycles. The van der Waals surface area contributed by atoms with Crippen LogP contribution in [0.2, 0.25) is 0 Å². The summed E-state index contributed by atoms with van der Waals surface area (Å²) in [5, 5.41) is 0. The van der Waals surface area contributed by atoms with Gasteiger partial charge in [0, 0.05) is 12.7 Å². The van der Waals surface area contributed by atoms with Gasteiger partial charge in [0.2, 0.25) is 0 Å². The molecule has 6 heteroatoms. The van der Waals surface area contributed by atoms with Crippen molar-refractivity contribution in [2.75, 3.05) is 14.1 Å². The lowest BCUT2D eigenvalue weighted by molar-refractivity contribution is 0.397. The molecule has 0 radical (unpaired) electrons. The molecule has 0 aliphatic rings. The van der Waals surface area contributed by atoms with E-state index in [0.29, 0.717) is 18.1 Å². The average molecular weight is 205 g/mol. The molecule has 74 valence electrons. The van der Waals surface area contributed by atoms with Crippen LogP contribution in [0.4, 0.5) is 3.89 Å². The van der Waals surface area contributed by atoms with E-state index >= 15 is 0 Å². The average Bonchev–Trinajstić information content (AvgIpc) is 2.29. The smallest absolute Gasteiger partial charge is 0.304 e. The highest BCUT2D eigenvalue weighted by Crippen LogP contribution is 2.06. The third-order valence-electron chi connectivity index (χ3n) is 1.52. The molecule has 1 aromatic heterocycles. The Morgan fingerprint density at radius 1 is 1.69 bits per heavy atom. The van der Waals surface area contributed by atoms with Crippen LogP contribution in [0.1, 0.15) is 11.5 Å². The Morgan fingerprint density at radius 2 is 2.31 bits per heavy atom. The number of rotatable bonds is 3. The fraction of sp³-hybridized carbons (Fsp3) is 0.571. The van der Waals surface area contributed by atoms with Gasteiger partial charge in [-0.15, -0.1) is 3.89 Å². The summed E-state index contributed by atoms with van der Waals surface area (Å²) < 4.78 is 24.0. The molecular weight excluding hydrogens is 193 g/mol. The molecule has 0 bridgehead atoms. The second-order valence-corrected chi connectivity index (χ2v) is 3.86. The normalized spacial score (nSPS) is 13.6. The zero-order chi connectivity index (χ0) is 10.0. The number of imidazole rings is 1. The first-order chi connectivity index (χ1) is 6.00. The minimum absolute atomic E-state index is 0.428. The topological polar surface area (TPSA) is 38.1 Å². The summed E-state index contributed by atoms with van der Waals surface area (Å²) in [6, 6.07) is 0. The van der Waals surface area contributed by atoms with Gasteiger partial charge < -0.3 is 4.90 Å². The Balaban J connectivity index is 2.89. The number of hydrogen-bond acceptors (Lipinski definition) is 3. The highest BCUT2D eigenvalue weighted by Gasteiger charge is 2.08. The van der Waals surface area contributed by atoms with Crippen molar-refractivity contribution in [2.45, 2.75) is 13.5 Å². The predicted molar refractivity (Wildman–Crippen MR) is 49.0 cm³/mol. The second-order valence-electron chi connectivity index (χ2n) is 3.05. The van der Waals surface area contributed by atoms with Gasteiger partial charge in [-0.3, -0.25) is 0 Å². The molecule has 4 nitrogen and oxygen atoms in total. The lowest BCUT2D eigenvalue weighted by atomic mass is 10.4. The van der Waals surface area contributed by atoms with E-state index in [2.05, 4.69) is 4.98 Å². The summed E-state index contributed by atoms with van der Waals surface area (Å²) in [7, 11) is 3.78. The van der Waals surface area contributed by atoms with Crippen LogP contribution in [0.3, 0.4) is 0 Å². The van der Waals surface area contributed by atoms with Crippen LogP contribution in [0.15, 0.2) is 6.20 Å². The van der Waals surface area contributed by atoms with Gasteiger partial charge in [0.1, 0.15) is 5.82 Å². The van der Waals surface area contributed by atoms with Crippen molar-refractivity contribution in [2.24, 2.45) is 0 Å². The first-order valence-corrected chi connectivity index (χ1v) is 4.79. The Morgan fingerprint density at radius 3 is 2.69 bits per heavy atom. The molecule has 0 aliphatic heterocycles. The number of halogens is 1. The number of hydrogen-bond donors (Lipinski definition) is 0. The number of nitrogens with zero attached hydrogens (tertiary/aromatic N) is 3. The molecule has 0 amide bonds. The van der Waals surface area contributed by atoms with E-state index in [4.69, 9.17) is 0 Å². The van der Waals surface area contributed by atoms with Crippen LogP contribution in [0.5, 0.6) is 0 Å². The Kier molecular flexibility index (Phi) is 3.16. The molecule has 0 aliphatic carbocycles. The summed E-state index contributed by atoms with van der Waals surface area (Å²) in [5.41, 5.74) is 0.716. The fourth-order valence-electron chi connectivity index (χ4n) is 1.06. The van der Waals surface area contributed by atoms with E-state index < -0.39 is 11.4 Å². The van der Waals surface area contributed by atoms with Gasteiger partial charge >= 0.3 is 11.4 Å². The van der Waals surface area contributed by atoms with Crippen molar-refractivity contribution in [3.05, 3.63) is 17.7 Å². The first kappa shape index (κ1) is 10.3. The van der Waals surface area contributed by atoms with Gasteiger partial charge in [-0.05, 0) is 21.0 Å². The molecule has 1 rings (SSSR count). The maximum atomic E-state index is 12.4. The minimum Gasteiger partial charge on any atom is -0.304 e. The van der Waals surface area contributed by atoms with Gasteiger partial charge in [-0.2, -0.15) is 4.21 Å². The van der Waals surface area contributed by atoms with Crippen molar-refractivity contribution in [1.82, 2.24) is 13.9 Å².